The lowest BCUT2D eigenvalue weighted by molar-refractivity contribution is -0.120. The SMILES string of the molecule is CCc1ccc(NC(C)C(=O)NC(=O)NC)cc1. The minimum Gasteiger partial charge on any atom is -0.374 e. The van der Waals surface area contributed by atoms with Crippen LogP contribution < -0.4 is 16.0 Å². The van der Waals surface area contributed by atoms with Crippen LogP contribution in [-0.4, -0.2) is 25.0 Å². The number of aryl methyl sites for hydroxylation is 1. The van der Waals surface area contributed by atoms with Gasteiger partial charge in [0, 0.05) is 12.7 Å². The minimum absolute atomic E-state index is 0.367. The molecule has 1 aromatic rings. The summed E-state index contributed by atoms with van der Waals surface area (Å²) in [5.41, 5.74) is 2.09. The summed E-state index contributed by atoms with van der Waals surface area (Å²) in [6.45, 7) is 3.79. The van der Waals surface area contributed by atoms with E-state index in [1.807, 2.05) is 24.3 Å². The van der Waals surface area contributed by atoms with E-state index in [4.69, 9.17) is 0 Å². The molecule has 0 radical (unpaired) electrons. The van der Waals surface area contributed by atoms with Crippen LogP contribution in [-0.2, 0) is 11.2 Å². The summed E-state index contributed by atoms with van der Waals surface area (Å²) in [7, 11) is 1.46. The number of anilines is 1. The Bertz CT molecular complexity index is 415. The highest BCUT2D eigenvalue weighted by molar-refractivity contribution is 5.97. The Hall–Kier alpha value is -2.04. The Kier molecular flexibility index (Phi) is 5.17. The van der Waals surface area contributed by atoms with E-state index in [1.165, 1.54) is 12.6 Å². The maximum atomic E-state index is 11.6. The van der Waals surface area contributed by atoms with Crippen molar-refractivity contribution in [2.75, 3.05) is 12.4 Å². The molecule has 0 aliphatic heterocycles. The molecule has 98 valence electrons. The van der Waals surface area contributed by atoms with Crippen molar-refractivity contribution in [2.45, 2.75) is 26.3 Å². The number of imide groups is 1. The van der Waals surface area contributed by atoms with Crippen molar-refractivity contribution in [3.8, 4) is 0 Å². The van der Waals surface area contributed by atoms with Gasteiger partial charge < -0.3 is 10.6 Å². The molecule has 0 aliphatic rings. The number of amides is 3. The molecule has 0 saturated heterocycles. The fraction of sp³-hybridized carbons (Fsp3) is 0.385. The molecule has 3 amide bonds. The largest absolute Gasteiger partial charge is 0.374 e. The third kappa shape index (κ3) is 4.08. The van der Waals surface area contributed by atoms with Gasteiger partial charge in [0.25, 0.3) is 0 Å². The summed E-state index contributed by atoms with van der Waals surface area (Å²) < 4.78 is 0. The predicted octanol–water partition coefficient (Wildman–Crippen LogP) is 1.50. The van der Waals surface area contributed by atoms with Gasteiger partial charge in [0.15, 0.2) is 0 Å². The highest BCUT2D eigenvalue weighted by Crippen LogP contribution is 2.11. The minimum atomic E-state index is -0.505. The fourth-order valence-electron chi connectivity index (χ4n) is 1.43. The first-order chi connectivity index (χ1) is 8.56. The average molecular weight is 249 g/mol. The summed E-state index contributed by atoms with van der Waals surface area (Å²) >= 11 is 0. The van der Waals surface area contributed by atoms with Crippen molar-refractivity contribution in [1.29, 1.82) is 0 Å². The number of rotatable bonds is 4. The molecule has 3 N–H and O–H groups in total. The Labute approximate surface area is 107 Å². The maximum Gasteiger partial charge on any atom is 0.321 e. The van der Waals surface area contributed by atoms with Crippen molar-refractivity contribution in [3.63, 3.8) is 0 Å². The van der Waals surface area contributed by atoms with E-state index in [0.717, 1.165) is 12.1 Å². The van der Waals surface area contributed by atoms with Gasteiger partial charge >= 0.3 is 6.03 Å². The Morgan fingerprint density at radius 3 is 2.33 bits per heavy atom. The number of carbonyl (C=O) groups is 2. The molecule has 1 rings (SSSR count). The van der Waals surface area contributed by atoms with Crippen molar-refractivity contribution in [1.82, 2.24) is 10.6 Å². The second kappa shape index (κ2) is 6.64. The molecule has 0 bridgehead atoms. The van der Waals surface area contributed by atoms with E-state index in [1.54, 1.807) is 6.92 Å². The zero-order chi connectivity index (χ0) is 13.5. The predicted molar refractivity (Wildman–Crippen MR) is 71.5 cm³/mol. The summed E-state index contributed by atoms with van der Waals surface area (Å²) in [6.07, 6.45) is 0.979. The normalized spacial score (nSPS) is 11.5. The molecule has 0 spiro atoms. The third-order valence-electron chi connectivity index (χ3n) is 2.60. The van der Waals surface area contributed by atoms with Crippen molar-refractivity contribution < 1.29 is 9.59 Å². The standard InChI is InChI=1S/C13H19N3O2/c1-4-10-5-7-11(8-6-10)15-9(2)12(17)16-13(18)14-3/h5-9,15H,4H2,1-3H3,(H2,14,16,17,18). The van der Waals surface area contributed by atoms with Gasteiger partial charge in [-0.05, 0) is 31.0 Å². The first kappa shape index (κ1) is 14.0. The van der Waals surface area contributed by atoms with E-state index in [9.17, 15) is 9.59 Å². The molecule has 1 unspecified atom stereocenters. The zero-order valence-corrected chi connectivity index (χ0v) is 10.9. The van der Waals surface area contributed by atoms with Crippen LogP contribution in [0, 0.1) is 0 Å². The summed E-state index contributed by atoms with van der Waals surface area (Å²) in [6, 6.07) is 6.87. The van der Waals surface area contributed by atoms with E-state index < -0.39 is 12.1 Å². The van der Waals surface area contributed by atoms with Gasteiger partial charge in [-0.1, -0.05) is 19.1 Å². The first-order valence-electron chi connectivity index (χ1n) is 5.94. The Morgan fingerprint density at radius 1 is 1.22 bits per heavy atom. The molecule has 0 heterocycles. The van der Waals surface area contributed by atoms with Gasteiger partial charge in [-0.15, -0.1) is 0 Å². The molecule has 1 aromatic carbocycles. The average Bonchev–Trinajstić information content (AvgIpc) is 2.39. The van der Waals surface area contributed by atoms with Gasteiger partial charge in [-0.2, -0.15) is 0 Å². The molecule has 5 heteroatoms. The van der Waals surface area contributed by atoms with Crippen molar-refractivity contribution >= 4 is 17.6 Å². The molecule has 0 saturated carbocycles. The van der Waals surface area contributed by atoms with Crippen LogP contribution in [0.5, 0.6) is 0 Å². The number of carbonyl (C=O) groups excluding carboxylic acids is 2. The van der Waals surface area contributed by atoms with E-state index in [0.29, 0.717) is 0 Å². The van der Waals surface area contributed by atoms with Crippen LogP contribution >= 0.6 is 0 Å². The Morgan fingerprint density at radius 2 is 1.83 bits per heavy atom. The third-order valence-corrected chi connectivity index (χ3v) is 2.60. The highest BCUT2D eigenvalue weighted by atomic mass is 16.2. The van der Waals surface area contributed by atoms with Gasteiger partial charge in [-0.25, -0.2) is 4.79 Å². The van der Waals surface area contributed by atoms with E-state index in [2.05, 4.69) is 22.9 Å². The summed E-state index contributed by atoms with van der Waals surface area (Å²) in [5.74, 6) is -0.367. The zero-order valence-electron chi connectivity index (χ0n) is 10.9. The molecule has 5 nitrogen and oxygen atoms in total. The lowest BCUT2D eigenvalue weighted by Crippen LogP contribution is -2.44. The highest BCUT2D eigenvalue weighted by Gasteiger charge is 2.14. The van der Waals surface area contributed by atoms with E-state index >= 15 is 0 Å². The number of benzene rings is 1. The fourth-order valence-corrected chi connectivity index (χ4v) is 1.43. The second-order valence-electron chi connectivity index (χ2n) is 3.98. The molecule has 18 heavy (non-hydrogen) atoms. The van der Waals surface area contributed by atoms with Gasteiger partial charge in [0.2, 0.25) is 5.91 Å². The molecular formula is C13H19N3O2. The number of urea groups is 1. The number of hydrogen-bond acceptors (Lipinski definition) is 3. The van der Waals surface area contributed by atoms with Crippen LogP contribution in [0.4, 0.5) is 10.5 Å². The van der Waals surface area contributed by atoms with Gasteiger partial charge in [-0.3, -0.25) is 10.1 Å². The van der Waals surface area contributed by atoms with Gasteiger partial charge in [0.1, 0.15) is 6.04 Å². The summed E-state index contributed by atoms with van der Waals surface area (Å²) in [4.78, 5) is 22.6. The van der Waals surface area contributed by atoms with Crippen LogP contribution in [0.15, 0.2) is 24.3 Å². The molecule has 0 aromatic heterocycles. The lowest BCUT2D eigenvalue weighted by atomic mass is 10.1. The maximum absolute atomic E-state index is 11.6. The monoisotopic (exact) mass is 249 g/mol. The molecule has 1 atom stereocenters. The topological polar surface area (TPSA) is 70.2 Å². The van der Waals surface area contributed by atoms with Crippen molar-refractivity contribution in [3.05, 3.63) is 29.8 Å². The molecule has 0 fully saturated rings. The summed E-state index contributed by atoms with van der Waals surface area (Å²) in [5, 5.41) is 7.58. The molecule has 0 aliphatic carbocycles. The van der Waals surface area contributed by atoms with Crippen molar-refractivity contribution in [2.24, 2.45) is 0 Å². The Balaban J connectivity index is 2.55. The second-order valence-corrected chi connectivity index (χ2v) is 3.98. The van der Waals surface area contributed by atoms with Crippen LogP contribution in [0.3, 0.4) is 0 Å². The smallest absolute Gasteiger partial charge is 0.321 e. The first-order valence-corrected chi connectivity index (χ1v) is 5.94. The molecular weight excluding hydrogens is 230 g/mol. The lowest BCUT2D eigenvalue weighted by Gasteiger charge is -2.14. The van der Waals surface area contributed by atoms with Gasteiger partial charge in [0.05, 0.1) is 0 Å². The van der Waals surface area contributed by atoms with E-state index in [-0.39, 0.29) is 5.91 Å². The van der Waals surface area contributed by atoms with Crippen LogP contribution in [0.25, 0.3) is 0 Å². The van der Waals surface area contributed by atoms with Crippen LogP contribution in [0.2, 0.25) is 0 Å². The van der Waals surface area contributed by atoms with Crippen LogP contribution in [0.1, 0.15) is 19.4 Å². The quantitative estimate of drug-likeness (QED) is 0.757. The number of hydrogen-bond donors (Lipinski definition) is 3. The number of nitrogens with one attached hydrogen (secondary N) is 3.